The fourth-order valence-electron chi connectivity index (χ4n) is 8.45. The first-order valence-corrected chi connectivity index (χ1v) is 19.0. The fraction of sp³-hybridized carbons (Fsp3) is 0. The second-order valence-corrected chi connectivity index (χ2v) is 14.3. The number of aromatic nitrogens is 4. The number of hydrogen-bond acceptors (Lipinski definition) is 5. The molecule has 0 amide bonds. The second-order valence-electron chi connectivity index (χ2n) is 14.3. The quantitative estimate of drug-likeness (QED) is 0.176. The molecule has 12 aromatic rings. The SMILES string of the molecule is c1ccc(-c2ccc3c4c5oc6c(-c7nc(-c8ccccc8)nc(-c8cccc9c8oc8ccccc89)n7)cccc6c5ccc4n(-c4ccccc4)c3c2)cc1. The van der Waals surface area contributed by atoms with Crippen molar-refractivity contribution in [1.82, 2.24) is 19.5 Å². The van der Waals surface area contributed by atoms with Gasteiger partial charge in [-0.25, -0.2) is 15.0 Å². The average molecular weight is 731 g/mol. The van der Waals surface area contributed by atoms with Gasteiger partial charge in [0.05, 0.1) is 27.5 Å². The van der Waals surface area contributed by atoms with Crippen LogP contribution in [0.2, 0.25) is 0 Å². The van der Waals surface area contributed by atoms with E-state index in [4.69, 9.17) is 23.8 Å². The zero-order chi connectivity index (χ0) is 37.5. The molecule has 12 rings (SSSR count). The van der Waals surface area contributed by atoms with Crippen molar-refractivity contribution in [3.05, 3.63) is 182 Å². The molecule has 4 aromatic heterocycles. The molecule has 0 aliphatic rings. The Labute approximate surface area is 325 Å². The standard InChI is InChI=1S/C51H30N4O2/c1-4-14-31(15-5-1)33-26-27-39-43(30-33)55(34-18-8-3-9-19-34)42-29-28-38-37-22-13-24-41(47(37)57-48(38)45(39)42)51-53-49(32-16-6-2-7-17-32)52-50(54-51)40-23-12-21-36-35-20-10-11-25-44(35)56-46(36)40/h1-30H. The summed E-state index contributed by atoms with van der Waals surface area (Å²) in [5, 5.41) is 6.27. The van der Waals surface area contributed by atoms with Gasteiger partial charge >= 0.3 is 0 Å². The van der Waals surface area contributed by atoms with E-state index in [-0.39, 0.29) is 0 Å². The molecule has 0 aliphatic heterocycles. The van der Waals surface area contributed by atoms with E-state index in [1.807, 2.05) is 66.7 Å². The van der Waals surface area contributed by atoms with Gasteiger partial charge in [-0.05, 0) is 59.7 Å². The van der Waals surface area contributed by atoms with Crippen molar-refractivity contribution < 1.29 is 8.83 Å². The molecular weight excluding hydrogens is 701 g/mol. The van der Waals surface area contributed by atoms with Gasteiger partial charge in [0.1, 0.15) is 22.3 Å². The van der Waals surface area contributed by atoms with E-state index in [1.54, 1.807) is 0 Å². The largest absolute Gasteiger partial charge is 0.455 e. The molecule has 0 N–H and O–H groups in total. The lowest BCUT2D eigenvalue weighted by molar-refractivity contribution is 0.669. The number of benzene rings is 8. The summed E-state index contributed by atoms with van der Waals surface area (Å²) in [5.74, 6) is 1.62. The molecule has 8 aromatic carbocycles. The highest BCUT2D eigenvalue weighted by Gasteiger charge is 2.23. The topological polar surface area (TPSA) is 69.9 Å². The van der Waals surface area contributed by atoms with Crippen molar-refractivity contribution in [2.45, 2.75) is 0 Å². The lowest BCUT2D eigenvalue weighted by Crippen LogP contribution is -2.00. The Morgan fingerprint density at radius 3 is 1.65 bits per heavy atom. The van der Waals surface area contributed by atoms with Gasteiger partial charge in [-0.3, -0.25) is 0 Å². The maximum Gasteiger partial charge on any atom is 0.167 e. The van der Waals surface area contributed by atoms with E-state index in [0.29, 0.717) is 17.5 Å². The van der Waals surface area contributed by atoms with E-state index in [1.165, 1.54) is 5.56 Å². The molecule has 6 heteroatoms. The predicted octanol–water partition coefficient (Wildman–Crippen LogP) is 13.4. The van der Waals surface area contributed by atoms with Gasteiger partial charge in [-0.15, -0.1) is 0 Å². The first-order chi connectivity index (χ1) is 28.3. The summed E-state index contributed by atoms with van der Waals surface area (Å²) in [6, 6.07) is 62.7. The second kappa shape index (κ2) is 12.3. The van der Waals surface area contributed by atoms with E-state index >= 15 is 0 Å². The monoisotopic (exact) mass is 730 g/mol. The summed E-state index contributed by atoms with van der Waals surface area (Å²) in [6.45, 7) is 0. The molecule has 4 heterocycles. The Kier molecular flexibility index (Phi) is 6.83. The van der Waals surface area contributed by atoms with Gasteiger partial charge < -0.3 is 13.4 Å². The molecule has 0 saturated heterocycles. The number of nitrogens with zero attached hydrogens (tertiary/aromatic N) is 4. The molecule has 0 aliphatic carbocycles. The van der Waals surface area contributed by atoms with Gasteiger partial charge in [-0.2, -0.15) is 0 Å². The lowest BCUT2D eigenvalue weighted by Gasteiger charge is -2.09. The third-order valence-corrected chi connectivity index (χ3v) is 11.1. The number of furan rings is 2. The molecule has 0 bridgehead atoms. The number of hydrogen-bond donors (Lipinski definition) is 0. The molecule has 6 nitrogen and oxygen atoms in total. The van der Waals surface area contributed by atoms with E-state index < -0.39 is 0 Å². The Bertz CT molecular complexity index is 3510. The van der Waals surface area contributed by atoms with Crippen molar-refractivity contribution >= 4 is 65.7 Å². The van der Waals surface area contributed by atoms with E-state index in [2.05, 4.69) is 120 Å². The van der Waals surface area contributed by atoms with Gasteiger partial charge in [0.2, 0.25) is 0 Å². The lowest BCUT2D eigenvalue weighted by atomic mass is 10.0. The van der Waals surface area contributed by atoms with E-state index in [9.17, 15) is 0 Å². The van der Waals surface area contributed by atoms with Gasteiger partial charge in [-0.1, -0.05) is 133 Å². The van der Waals surface area contributed by atoms with E-state index in [0.717, 1.165) is 93.6 Å². The van der Waals surface area contributed by atoms with Crippen LogP contribution in [-0.4, -0.2) is 19.5 Å². The van der Waals surface area contributed by atoms with Crippen LogP contribution in [0.3, 0.4) is 0 Å². The predicted molar refractivity (Wildman–Crippen MR) is 230 cm³/mol. The Balaban J connectivity index is 1.12. The highest BCUT2D eigenvalue weighted by molar-refractivity contribution is 6.25. The van der Waals surface area contributed by atoms with Crippen LogP contribution in [0, 0.1) is 0 Å². The number of fused-ring (bicyclic) bond motifs is 10. The summed E-state index contributed by atoms with van der Waals surface area (Å²) in [4.78, 5) is 15.4. The van der Waals surface area contributed by atoms with Gasteiger partial charge in [0, 0.05) is 38.2 Å². The van der Waals surface area contributed by atoms with Crippen LogP contribution in [0.1, 0.15) is 0 Å². The van der Waals surface area contributed by atoms with Crippen molar-refractivity contribution in [2.24, 2.45) is 0 Å². The van der Waals surface area contributed by atoms with Crippen molar-refractivity contribution in [1.29, 1.82) is 0 Å². The highest BCUT2D eigenvalue weighted by Crippen LogP contribution is 2.44. The van der Waals surface area contributed by atoms with Crippen LogP contribution >= 0.6 is 0 Å². The van der Waals surface area contributed by atoms with Crippen LogP contribution < -0.4 is 0 Å². The average Bonchev–Trinajstić information content (AvgIpc) is 3.96. The van der Waals surface area contributed by atoms with Crippen LogP contribution in [0.5, 0.6) is 0 Å². The molecular formula is C51H30N4O2. The van der Waals surface area contributed by atoms with Gasteiger partial charge in [0.15, 0.2) is 17.5 Å². The Hall–Kier alpha value is -7.83. The maximum absolute atomic E-state index is 7.09. The summed E-state index contributed by atoms with van der Waals surface area (Å²) < 4.78 is 15.9. The summed E-state index contributed by atoms with van der Waals surface area (Å²) in [6.07, 6.45) is 0. The summed E-state index contributed by atoms with van der Waals surface area (Å²) in [5.41, 5.74) is 11.2. The number of para-hydroxylation sites is 4. The van der Waals surface area contributed by atoms with Crippen molar-refractivity contribution in [3.8, 4) is 51.0 Å². The highest BCUT2D eigenvalue weighted by atomic mass is 16.3. The molecule has 57 heavy (non-hydrogen) atoms. The van der Waals surface area contributed by atoms with Crippen LogP contribution in [0.15, 0.2) is 191 Å². The summed E-state index contributed by atoms with van der Waals surface area (Å²) in [7, 11) is 0. The fourth-order valence-corrected chi connectivity index (χ4v) is 8.45. The smallest absolute Gasteiger partial charge is 0.167 e. The van der Waals surface area contributed by atoms with Crippen LogP contribution in [0.25, 0.3) is 117 Å². The molecule has 0 saturated carbocycles. The first kappa shape index (κ1) is 31.5. The zero-order valence-electron chi connectivity index (χ0n) is 30.4. The molecule has 266 valence electrons. The minimum Gasteiger partial charge on any atom is -0.455 e. The van der Waals surface area contributed by atoms with Crippen molar-refractivity contribution in [2.75, 3.05) is 0 Å². The molecule has 0 fully saturated rings. The third-order valence-electron chi connectivity index (χ3n) is 11.1. The minimum atomic E-state index is 0.520. The Morgan fingerprint density at radius 1 is 0.351 bits per heavy atom. The molecule has 0 unspecified atom stereocenters. The van der Waals surface area contributed by atoms with Crippen molar-refractivity contribution in [3.63, 3.8) is 0 Å². The number of rotatable bonds is 5. The molecule has 0 atom stereocenters. The van der Waals surface area contributed by atoms with Crippen LogP contribution in [0.4, 0.5) is 0 Å². The Morgan fingerprint density at radius 2 is 0.912 bits per heavy atom. The third kappa shape index (κ3) is 4.87. The normalized spacial score (nSPS) is 11.9. The molecule has 0 spiro atoms. The van der Waals surface area contributed by atoms with Gasteiger partial charge in [0.25, 0.3) is 0 Å². The molecule has 0 radical (unpaired) electrons. The maximum atomic E-state index is 7.09. The summed E-state index contributed by atoms with van der Waals surface area (Å²) >= 11 is 0. The van der Waals surface area contributed by atoms with Crippen LogP contribution in [-0.2, 0) is 0 Å². The first-order valence-electron chi connectivity index (χ1n) is 19.0. The zero-order valence-corrected chi connectivity index (χ0v) is 30.4. The minimum absolute atomic E-state index is 0.520.